The molecule has 2 aliphatic heterocycles. The number of anilines is 1. The lowest BCUT2D eigenvalue weighted by Gasteiger charge is -2.37. The average Bonchev–Trinajstić information content (AvgIpc) is 3.42. The molecular formula is C28H40N6O3. The number of rotatable bonds is 4. The molecule has 2 fully saturated rings. The van der Waals surface area contributed by atoms with Crippen LogP contribution in [-0.4, -0.2) is 77.9 Å². The number of pyridine rings is 1. The van der Waals surface area contributed by atoms with Crippen molar-refractivity contribution in [3.8, 4) is 0 Å². The Morgan fingerprint density at radius 1 is 1.11 bits per heavy atom. The van der Waals surface area contributed by atoms with E-state index in [0.29, 0.717) is 24.9 Å². The van der Waals surface area contributed by atoms with Crippen molar-refractivity contribution in [1.29, 1.82) is 0 Å². The first-order valence-electron chi connectivity index (χ1n) is 13.6. The monoisotopic (exact) mass is 508 g/mol. The van der Waals surface area contributed by atoms with Gasteiger partial charge in [-0.25, -0.2) is 9.78 Å². The molecule has 0 bridgehead atoms. The van der Waals surface area contributed by atoms with Gasteiger partial charge in [0.15, 0.2) is 5.82 Å². The van der Waals surface area contributed by atoms with Gasteiger partial charge in [0.2, 0.25) is 5.96 Å². The summed E-state index contributed by atoms with van der Waals surface area (Å²) in [6, 6.07) is 4.52. The van der Waals surface area contributed by atoms with Gasteiger partial charge < -0.3 is 29.5 Å². The first-order valence-corrected chi connectivity index (χ1v) is 13.6. The predicted octanol–water partition coefficient (Wildman–Crippen LogP) is 4.55. The number of fused-ring (bicyclic) bond motifs is 1. The maximum Gasteiger partial charge on any atom is 0.410 e. The second-order valence-electron chi connectivity index (χ2n) is 11.3. The highest BCUT2D eigenvalue weighted by atomic mass is 16.6. The van der Waals surface area contributed by atoms with E-state index >= 15 is 0 Å². The van der Waals surface area contributed by atoms with Crippen molar-refractivity contribution >= 4 is 23.6 Å². The Balaban J connectivity index is 1.28. The summed E-state index contributed by atoms with van der Waals surface area (Å²) in [7, 11) is 1.77. The lowest BCUT2D eigenvalue weighted by atomic mass is 9.95. The van der Waals surface area contributed by atoms with Crippen molar-refractivity contribution in [3.05, 3.63) is 41.9 Å². The molecule has 37 heavy (non-hydrogen) atoms. The van der Waals surface area contributed by atoms with Gasteiger partial charge in [0.05, 0.1) is 18.0 Å². The number of aliphatic imine (C=N–C) groups is 1. The Morgan fingerprint density at radius 3 is 2.51 bits per heavy atom. The van der Waals surface area contributed by atoms with Gasteiger partial charge in [-0.15, -0.1) is 0 Å². The maximum absolute atomic E-state index is 12.4. The first kappa shape index (κ1) is 25.6. The van der Waals surface area contributed by atoms with Crippen molar-refractivity contribution in [1.82, 2.24) is 20.1 Å². The highest BCUT2D eigenvalue weighted by molar-refractivity contribution is 5.87. The number of methoxy groups -OCH3 is 1. The smallest absolute Gasteiger partial charge is 0.410 e. The van der Waals surface area contributed by atoms with Crippen molar-refractivity contribution in [3.63, 3.8) is 0 Å². The number of piperazine rings is 1. The van der Waals surface area contributed by atoms with Crippen LogP contribution in [0.4, 0.5) is 16.3 Å². The third-order valence-electron chi connectivity index (χ3n) is 7.45. The molecule has 9 heteroatoms. The summed E-state index contributed by atoms with van der Waals surface area (Å²) >= 11 is 0. The molecule has 0 radical (unpaired) electrons. The second-order valence-corrected chi connectivity index (χ2v) is 11.3. The molecule has 3 heterocycles. The minimum absolute atomic E-state index is 0.132. The Kier molecular flexibility index (Phi) is 7.42. The van der Waals surface area contributed by atoms with Crippen LogP contribution in [0.5, 0.6) is 0 Å². The van der Waals surface area contributed by atoms with Crippen molar-refractivity contribution in [2.24, 2.45) is 4.99 Å². The Labute approximate surface area is 220 Å². The molecule has 9 nitrogen and oxygen atoms in total. The highest BCUT2D eigenvalue weighted by Gasteiger charge is 2.31. The zero-order valence-corrected chi connectivity index (χ0v) is 22.6. The molecule has 4 aliphatic rings. The summed E-state index contributed by atoms with van der Waals surface area (Å²) in [5.74, 6) is 1.52. The molecule has 1 amide bonds. The van der Waals surface area contributed by atoms with Gasteiger partial charge in [-0.1, -0.05) is 12.8 Å². The van der Waals surface area contributed by atoms with E-state index in [1.807, 2.05) is 33.0 Å². The SMILES string of the molecule is COC1C=C2NC(=Nc3ccc(N4CCN(C(=O)OC(C)(C)C)CC4)cn3)N(C3CCCC3)C=C2CC1. The third kappa shape index (κ3) is 6.09. The largest absolute Gasteiger partial charge is 0.444 e. The summed E-state index contributed by atoms with van der Waals surface area (Å²) in [5.41, 5.74) is 2.99. The average molecular weight is 509 g/mol. The van der Waals surface area contributed by atoms with Gasteiger partial charge in [0, 0.05) is 51.2 Å². The fourth-order valence-corrected chi connectivity index (χ4v) is 5.42. The van der Waals surface area contributed by atoms with E-state index in [1.165, 1.54) is 31.3 Å². The molecule has 0 aromatic carbocycles. The number of carbonyl (C=O) groups excluding carboxylic acids is 1. The van der Waals surface area contributed by atoms with Gasteiger partial charge in [0.25, 0.3) is 0 Å². The highest BCUT2D eigenvalue weighted by Crippen LogP contribution is 2.32. The van der Waals surface area contributed by atoms with Crippen molar-refractivity contribution < 1.29 is 14.3 Å². The summed E-state index contributed by atoms with van der Waals surface area (Å²) in [5, 5.41) is 3.59. The minimum Gasteiger partial charge on any atom is -0.444 e. The van der Waals surface area contributed by atoms with Crippen LogP contribution in [-0.2, 0) is 9.47 Å². The van der Waals surface area contributed by atoms with Crippen LogP contribution in [0.25, 0.3) is 0 Å². The Bertz CT molecular complexity index is 1060. The Morgan fingerprint density at radius 2 is 1.86 bits per heavy atom. The van der Waals surface area contributed by atoms with E-state index in [1.54, 1.807) is 12.0 Å². The zero-order valence-electron chi connectivity index (χ0n) is 22.6. The molecule has 1 unspecified atom stereocenters. The van der Waals surface area contributed by atoms with Crippen molar-refractivity contribution in [2.75, 3.05) is 38.2 Å². The van der Waals surface area contributed by atoms with Crippen LogP contribution in [0.2, 0.25) is 0 Å². The zero-order chi connectivity index (χ0) is 26.0. The molecule has 1 saturated carbocycles. The number of nitrogens with zero attached hydrogens (tertiary/aromatic N) is 5. The number of amides is 1. The van der Waals surface area contributed by atoms with E-state index in [9.17, 15) is 4.79 Å². The van der Waals surface area contributed by atoms with Crippen LogP contribution < -0.4 is 10.2 Å². The predicted molar refractivity (Wildman–Crippen MR) is 145 cm³/mol. The normalized spacial score (nSPS) is 23.9. The molecule has 2 aliphatic carbocycles. The van der Waals surface area contributed by atoms with Crippen LogP contribution in [0, 0.1) is 0 Å². The number of aromatic nitrogens is 1. The van der Waals surface area contributed by atoms with Crippen LogP contribution >= 0.6 is 0 Å². The van der Waals surface area contributed by atoms with E-state index in [4.69, 9.17) is 14.5 Å². The number of hydrogen-bond acceptors (Lipinski definition) is 6. The van der Waals surface area contributed by atoms with Gasteiger partial charge in [-0.05, 0) is 70.2 Å². The first-order chi connectivity index (χ1) is 17.8. The van der Waals surface area contributed by atoms with Crippen molar-refractivity contribution in [2.45, 2.75) is 77.0 Å². The van der Waals surface area contributed by atoms with Gasteiger partial charge >= 0.3 is 6.09 Å². The van der Waals surface area contributed by atoms with Crippen LogP contribution in [0.3, 0.4) is 0 Å². The lowest BCUT2D eigenvalue weighted by molar-refractivity contribution is 0.0240. The summed E-state index contributed by atoms with van der Waals surface area (Å²) in [6.07, 6.45) is 13.1. The minimum atomic E-state index is -0.480. The molecule has 0 spiro atoms. The fraction of sp³-hybridized carbons (Fsp3) is 0.607. The molecule has 1 aromatic heterocycles. The lowest BCUT2D eigenvalue weighted by Crippen LogP contribution is -2.50. The summed E-state index contributed by atoms with van der Waals surface area (Å²) < 4.78 is 11.1. The number of carbonyl (C=O) groups is 1. The molecule has 1 N–H and O–H groups in total. The number of nitrogens with one attached hydrogen (secondary N) is 1. The Hall–Kier alpha value is -3.07. The van der Waals surface area contributed by atoms with E-state index in [0.717, 1.165) is 43.3 Å². The van der Waals surface area contributed by atoms with Gasteiger partial charge in [0.1, 0.15) is 5.60 Å². The van der Waals surface area contributed by atoms with Crippen LogP contribution in [0.1, 0.15) is 59.3 Å². The third-order valence-corrected chi connectivity index (χ3v) is 7.45. The number of guanidine groups is 1. The van der Waals surface area contributed by atoms with Gasteiger partial charge in [-0.3, -0.25) is 0 Å². The van der Waals surface area contributed by atoms with E-state index in [2.05, 4.69) is 38.4 Å². The quantitative estimate of drug-likeness (QED) is 0.639. The summed E-state index contributed by atoms with van der Waals surface area (Å²) in [6.45, 7) is 8.43. The number of hydrogen-bond donors (Lipinski definition) is 1. The molecule has 1 atom stereocenters. The molecule has 200 valence electrons. The molecule has 1 aromatic rings. The molecule has 1 saturated heterocycles. The summed E-state index contributed by atoms with van der Waals surface area (Å²) in [4.78, 5) is 28.4. The second kappa shape index (κ2) is 10.7. The topological polar surface area (TPSA) is 82.5 Å². The van der Waals surface area contributed by atoms with E-state index in [-0.39, 0.29) is 12.2 Å². The van der Waals surface area contributed by atoms with E-state index < -0.39 is 5.60 Å². The maximum atomic E-state index is 12.4. The van der Waals surface area contributed by atoms with Crippen LogP contribution in [0.15, 0.2) is 46.9 Å². The number of ether oxygens (including phenoxy) is 2. The fourth-order valence-electron chi connectivity index (χ4n) is 5.42. The standard InChI is InChI=1S/C28H40N6O3/c1-28(2,3)37-27(35)33-15-13-32(14-16-33)22-10-12-25(29-18-22)31-26-30-24-17-23(36-4)11-9-20(24)19-34(26)21-7-5-6-8-21/h10,12,17-19,21,23H,5-9,11,13-16H2,1-4H3,(H,29,30,31). The number of allylic oxidation sites excluding steroid dienone is 1. The molecule has 5 rings (SSSR count). The molecular weight excluding hydrogens is 468 g/mol. The van der Waals surface area contributed by atoms with Gasteiger partial charge in [-0.2, -0.15) is 4.99 Å².